The molecule has 2 aromatic rings. The predicted molar refractivity (Wildman–Crippen MR) is 110 cm³/mol. The first-order valence-electron chi connectivity index (χ1n) is 10.4. The van der Waals surface area contributed by atoms with E-state index in [-0.39, 0.29) is 17.9 Å². The molecular weight excluding hydrogens is 348 g/mol. The van der Waals surface area contributed by atoms with Crippen LogP contribution in [0.3, 0.4) is 0 Å². The number of likely N-dealkylation sites (tertiary alicyclic amines) is 1. The van der Waals surface area contributed by atoms with Gasteiger partial charge in [0.1, 0.15) is 5.54 Å². The van der Waals surface area contributed by atoms with Gasteiger partial charge in [0.05, 0.1) is 6.04 Å². The molecule has 4 heteroatoms. The van der Waals surface area contributed by atoms with Gasteiger partial charge >= 0.3 is 0 Å². The van der Waals surface area contributed by atoms with E-state index >= 15 is 0 Å². The van der Waals surface area contributed by atoms with Crippen LogP contribution < -0.4 is 5.32 Å². The molecule has 0 aromatic heterocycles. The first-order chi connectivity index (χ1) is 13.7. The number of hydrogen-bond donors (Lipinski definition) is 1. The van der Waals surface area contributed by atoms with E-state index in [4.69, 9.17) is 0 Å². The Bertz CT molecular complexity index is 813. The third-order valence-corrected chi connectivity index (χ3v) is 6.26. The minimum absolute atomic E-state index is 0.0186. The largest absolute Gasteiger partial charge is 0.347 e. The summed E-state index contributed by atoms with van der Waals surface area (Å²) in [6.45, 7) is 0.709. The highest BCUT2D eigenvalue weighted by Crippen LogP contribution is 2.38. The minimum Gasteiger partial charge on any atom is -0.347 e. The molecule has 1 N–H and O–H groups in total. The summed E-state index contributed by atoms with van der Waals surface area (Å²) in [5.74, 6) is 0.140. The molecule has 4 nitrogen and oxygen atoms in total. The van der Waals surface area contributed by atoms with Gasteiger partial charge in [0, 0.05) is 13.0 Å². The van der Waals surface area contributed by atoms with E-state index in [1.165, 1.54) is 5.56 Å². The van der Waals surface area contributed by atoms with Crippen molar-refractivity contribution in [3.8, 4) is 0 Å². The SMILES string of the molecule is O=C1CCN1C1(C(=O)NC(Cc2ccccc2)c2ccccc2)CCCCC1. The van der Waals surface area contributed by atoms with E-state index < -0.39 is 5.54 Å². The molecule has 0 bridgehead atoms. The second-order valence-electron chi connectivity index (χ2n) is 8.01. The summed E-state index contributed by atoms with van der Waals surface area (Å²) in [4.78, 5) is 27.6. The number of hydrogen-bond acceptors (Lipinski definition) is 2. The number of carbonyl (C=O) groups is 2. The van der Waals surface area contributed by atoms with Crippen molar-refractivity contribution in [1.29, 1.82) is 0 Å². The molecule has 1 heterocycles. The Balaban J connectivity index is 1.59. The summed E-state index contributed by atoms with van der Waals surface area (Å²) in [6.07, 6.45) is 6.01. The van der Waals surface area contributed by atoms with E-state index in [1.807, 2.05) is 41.3 Å². The molecule has 2 aliphatic rings. The van der Waals surface area contributed by atoms with Gasteiger partial charge in [0.2, 0.25) is 11.8 Å². The molecule has 146 valence electrons. The van der Waals surface area contributed by atoms with Crippen LogP contribution in [0.1, 0.15) is 55.7 Å². The van der Waals surface area contributed by atoms with Gasteiger partial charge in [-0.15, -0.1) is 0 Å². The number of β-lactam (4-membered cyclic amide) rings is 1. The normalized spacial score (nSPS) is 19.6. The average molecular weight is 377 g/mol. The van der Waals surface area contributed by atoms with Crippen molar-refractivity contribution in [3.63, 3.8) is 0 Å². The lowest BCUT2D eigenvalue weighted by Gasteiger charge is -2.49. The highest BCUT2D eigenvalue weighted by atomic mass is 16.2. The molecular formula is C24H28N2O2. The number of amides is 2. The molecule has 2 aromatic carbocycles. The molecule has 1 unspecified atom stereocenters. The van der Waals surface area contributed by atoms with Gasteiger partial charge < -0.3 is 10.2 Å². The second-order valence-corrected chi connectivity index (χ2v) is 8.01. The topological polar surface area (TPSA) is 49.4 Å². The Kier molecular flexibility index (Phi) is 5.47. The maximum atomic E-state index is 13.6. The fourth-order valence-corrected chi connectivity index (χ4v) is 4.60. The van der Waals surface area contributed by atoms with E-state index in [0.717, 1.165) is 44.1 Å². The second kappa shape index (κ2) is 8.17. The lowest BCUT2D eigenvalue weighted by Crippen LogP contribution is -2.66. The molecule has 1 aliphatic heterocycles. The Labute approximate surface area is 166 Å². The molecule has 0 radical (unpaired) electrons. The number of benzene rings is 2. The van der Waals surface area contributed by atoms with Crippen LogP contribution in [0.4, 0.5) is 0 Å². The van der Waals surface area contributed by atoms with Crippen LogP contribution in [0.5, 0.6) is 0 Å². The zero-order chi connectivity index (χ0) is 19.4. The van der Waals surface area contributed by atoms with Crippen molar-refractivity contribution < 1.29 is 9.59 Å². The van der Waals surface area contributed by atoms with Gasteiger partial charge in [-0.1, -0.05) is 79.9 Å². The number of rotatable bonds is 6. The number of nitrogens with one attached hydrogen (secondary N) is 1. The highest BCUT2D eigenvalue weighted by molar-refractivity contribution is 5.94. The Morgan fingerprint density at radius 1 is 0.964 bits per heavy atom. The Morgan fingerprint density at radius 2 is 1.61 bits per heavy atom. The van der Waals surface area contributed by atoms with Gasteiger partial charge in [-0.2, -0.15) is 0 Å². The van der Waals surface area contributed by atoms with Crippen LogP contribution in [-0.4, -0.2) is 28.8 Å². The predicted octanol–water partition coefficient (Wildman–Crippen LogP) is 4.02. The summed E-state index contributed by atoms with van der Waals surface area (Å²) < 4.78 is 0. The van der Waals surface area contributed by atoms with Crippen LogP contribution in [0.25, 0.3) is 0 Å². The molecule has 2 amide bonds. The fraction of sp³-hybridized carbons (Fsp3) is 0.417. The van der Waals surface area contributed by atoms with E-state index in [9.17, 15) is 9.59 Å². The van der Waals surface area contributed by atoms with Crippen molar-refractivity contribution in [1.82, 2.24) is 10.2 Å². The lowest BCUT2D eigenvalue weighted by atomic mass is 9.77. The maximum absolute atomic E-state index is 13.6. The van der Waals surface area contributed by atoms with Crippen LogP contribution in [-0.2, 0) is 16.0 Å². The van der Waals surface area contributed by atoms with Crippen molar-refractivity contribution in [2.75, 3.05) is 6.54 Å². The third-order valence-electron chi connectivity index (χ3n) is 6.26. The van der Waals surface area contributed by atoms with Gasteiger partial charge in [0.25, 0.3) is 0 Å². The van der Waals surface area contributed by atoms with Gasteiger partial charge in [-0.3, -0.25) is 9.59 Å². The van der Waals surface area contributed by atoms with Crippen LogP contribution in [0.15, 0.2) is 60.7 Å². The molecule has 4 rings (SSSR count). The number of carbonyl (C=O) groups excluding carboxylic acids is 2. The maximum Gasteiger partial charge on any atom is 0.246 e. The quantitative estimate of drug-likeness (QED) is 0.774. The van der Waals surface area contributed by atoms with E-state index in [0.29, 0.717) is 13.0 Å². The first-order valence-corrected chi connectivity index (χ1v) is 10.4. The molecule has 2 fully saturated rings. The van der Waals surface area contributed by atoms with Crippen molar-refractivity contribution in [2.45, 2.75) is 56.5 Å². The first kappa shape index (κ1) is 18.7. The Hall–Kier alpha value is -2.62. The van der Waals surface area contributed by atoms with Crippen molar-refractivity contribution in [3.05, 3.63) is 71.8 Å². The van der Waals surface area contributed by atoms with Crippen molar-refractivity contribution >= 4 is 11.8 Å². The summed E-state index contributed by atoms with van der Waals surface area (Å²) in [7, 11) is 0. The smallest absolute Gasteiger partial charge is 0.246 e. The van der Waals surface area contributed by atoms with E-state index in [1.54, 1.807) is 0 Å². The summed E-state index contributed by atoms with van der Waals surface area (Å²) >= 11 is 0. The molecule has 1 aliphatic carbocycles. The van der Waals surface area contributed by atoms with E-state index in [2.05, 4.69) is 29.6 Å². The summed E-state index contributed by atoms with van der Waals surface area (Å²) in [5.41, 5.74) is 1.63. The summed E-state index contributed by atoms with van der Waals surface area (Å²) in [5, 5.41) is 3.33. The zero-order valence-corrected chi connectivity index (χ0v) is 16.3. The molecule has 28 heavy (non-hydrogen) atoms. The van der Waals surface area contributed by atoms with Gasteiger partial charge in [0.15, 0.2) is 0 Å². The van der Waals surface area contributed by atoms with Crippen molar-refractivity contribution in [2.24, 2.45) is 0 Å². The zero-order valence-electron chi connectivity index (χ0n) is 16.3. The van der Waals surface area contributed by atoms with Gasteiger partial charge in [-0.25, -0.2) is 0 Å². The Morgan fingerprint density at radius 3 is 2.18 bits per heavy atom. The third kappa shape index (κ3) is 3.68. The molecule has 1 saturated carbocycles. The monoisotopic (exact) mass is 376 g/mol. The molecule has 1 atom stereocenters. The van der Waals surface area contributed by atoms with Crippen LogP contribution in [0.2, 0.25) is 0 Å². The highest BCUT2D eigenvalue weighted by Gasteiger charge is 2.50. The average Bonchev–Trinajstić information content (AvgIpc) is 2.74. The van der Waals surface area contributed by atoms with Crippen LogP contribution in [0, 0.1) is 0 Å². The standard InChI is InChI=1S/C24H28N2O2/c27-22-14-17-26(22)24(15-8-3-9-16-24)23(28)25-21(20-12-6-2-7-13-20)18-19-10-4-1-5-11-19/h1-2,4-7,10-13,21H,3,8-9,14-18H2,(H,25,28). The summed E-state index contributed by atoms with van der Waals surface area (Å²) in [6, 6.07) is 20.3. The molecule has 1 saturated heterocycles. The minimum atomic E-state index is -0.655. The lowest BCUT2D eigenvalue weighted by molar-refractivity contribution is -0.160. The van der Waals surface area contributed by atoms with Gasteiger partial charge in [-0.05, 0) is 30.4 Å². The number of nitrogens with zero attached hydrogens (tertiary/aromatic N) is 1. The van der Waals surface area contributed by atoms with Crippen LogP contribution >= 0.6 is 0 Å². The fourth-order valence-electron chi connectivity index (χ4n) is 4.60. The molecule has 0 spiro atoms.